The van der Waals surface area contributed by atoms with Crippen LogP contribution in [0.2, 0.25) is 5.02 Å². The maximum Gasteiger partial charge on any atom is 0.337 e. The van der Waals surface area contributed by atoms with Gasteiger partial charge in [-0.2, -0.15) is 0 Å². The summed E-state index contributed by atoms with van der Waals surface area (Å²) in [5.74, 6) is 0.608. The highest BCUT2D eigenvalue weighted by Gasteiger charge is 2.29. The van der Waals surface area contributed by atoms with Gasteiger partial charge < -0.3 is 9.30 Å². The number of aryl methyl sites for hydroxylation is 1. The van der Waals surface area contributed by atoms with Crippen molar-refractivity contribution in [3.8, 4) is 0 Å². The van der Waals surface area contributed by atoms with Crippen LogP contribution in [0.5, 0.6) is 0 Å². The first-order valence-electron chi connectivity index (χ1n) is 7.55. The summed E-state index contributed by atoms with van der Waals surface area (Å²) in [5.41, 5.74) is 1.44. The van der Waals surface area contributed by atoms with Crippen LogP contribution in [-0.2, 0) is 18.3 Å². The average Bonchev–Trinajstić information content (AvgIpc) is 3.17. The summed E-state index contributed by atoms with van der Waals surface area (Å²) in [4.78, 5) is 14.0. The minimum atomic E-state index is -0.353. The van der Waals surface area contributed by atoms with Gasteiger partial charge in [-0.05, 0) is 43.1 Å². The topological polar surface area (TPSA) is 60.2 Å². The second kappa shape index (κ2) is 6.68. The molecule has 0 spiro atoms. The number of carbonyl (C=O) groups is 1. The number of nitrogens with zero attached hydrogens (tertiary/aromatic N) is 4. The number of carbonyl (C=O) groups excluding carboxylic acids is 1. The molecule has 6 nitrogen and oxygen atoms in total. The lowest BCUT2D eigenvalue weighted by Crippen LogP contribution is -2.25. The Balaban J connectivity index is 1.83. The molecular weight excluding hydrogens is 316 g/mol. The SMILES string of the molecule is COC(=O)c1ccc(Cl)c(CN2CCC[C@H]2c2nncn2C)c1. The Morgan fingerprint density at radius 1 is 1.48 bits per heavy atom. The van der Waals surface area contributed by atoms with E-state index in [0.717, 1.165) is 30.8 Å². The van der Waals surface area contributed by atoms with Crippen LogP contribution >= 0.6 is 11.6 Å². The zero-order chi connectivity index (χ0) is 16.4. The first-order chi connectivity index (χ1) is 11.1. The van der Waals surface area contributed by atoms with Crippen molar-refractivity contribution < 1.29 is 9.53 Å². The van der Waals surface area contributed by atoms with E-state index in [0.29, 0.717) is 17.1 Å². The summed E-state index contributed by atoms with van der Waals surface area (Å²) in [7, 11) is 3.33. The van der Waals surface area contributed by atoms with Gasteiger partial charge >= 0.3 is 5.97 Å². The molecule has 0 N–H and O–H groups in total. The number of halogens is 1. The van der Waals surface area contributed by atoms with Crippen molar-refractivity contribution in [3.05, 3.63) is 46.5 Å². The van der Waals surface area contributed by atoms with Gasteiger partial charge in [-0.25, -0.2) is 4.79 Å². The Hall–Kier alpha value is -1.92. The molecular formula is C16H19ClN4O2. The lowest BCUT2D eigenvalue weighted by atomic mass is 10.1. The number of ether oxygens (including phenoxy) is 1. The maximum atomic E-state index is 11.7. The van der Waals surface area contributed by atoms with Crippen LogP contribution in [0.4, 0.5) is 0 Å². The van der Waals surface area contributed by atoms with Gasteiger partial charge in [-0.15, -0.1) is 10.2 Å². The van der Waals surface area contributed by atoms with Gasteiger partial charge in [-0.3, -0.25) is 4.90 Å². The van der Waals surface area contributed by atoms with E-state index >= 15 is 0 Å². The monoisotopic (exact) mass is 334 g/mol. The number of benzene rings is 1. The van der Waals surface area contributed by atoms with Crippen LogP contribution in [0.15, 0.2) is 24.5 Å². The predicted molar refractivity (Wildman–Crippen MR) is 86.2 cm³/mol. The third-order valence-electron chi connectivity index (χ3n) is 4.25. The summed E-state index contributed by atoms with van der Waals surface area (Å²) in [6.07, 6.45) is 3.86. The third kappa shape index (κ3) is 3.23. The number of esters is 1. The van der Waals surface area contributed by atoms with Crippen molar-refractivity contribution in [2.75, 3.05) is 13.7 Å². The summed E-state index contributed by atoms with van der Waals surface area (Å²) in [6, 6.07) is 5.46. The first-order valence-corrected chi connectivity index (χ1v) is 7.92. The Kier molecular flexibility index (Phi) is 4.63. The number of methoxy groups -OCH3 is 1. The molecule has 0 amide bonds. The molecule has 1 atom stereocenters. The van der Waals surface area contributed by atoms with Gasteiger partial charge in [0.25, 0.3) is 0 Å². The van der Waals surface area contributed by atoms with Crippen LogP contribution in [-0.4, -0.2) is 39.3 Å². The average molecular weight is 335 g/mol. The fourth-order valence-corrected chi connectivity index (χ4v) is 3.24. The number of likely N-dealkylation sites (tertiary alicyclic amines) is 1. The van der Waals surface area contributed by atoms with E-state index in [-0.39, 0.29) is 12.0 Å². The van der Waals surface area contributed by atoms with E-state index in [1.54, 1.807) is 24.5 Å². The smallest absolute Gasteiger partial charge is 0.337 e. The lowest BCUT2D eigenvalue weighted by molar-refractivity contribution is 0.0600. The molecule has 0 saturated carbocycles. The quantitative estimate of drug-likeness (QED) is 0.804. The summed E-state index contributed by atoms with van der Waals surface area (Å²) in [5, 5.41) is 8.86. The van der Waals surface area contributed by atoms with E-state index in [2.05, 4.69) is 15.1 Å². The predicted octanol–water partition coefficient (Wildman–Crippen LogP) is 2.59. The van der Waals surface area contributed by atoms with E-state index in [1.165, 1.54) is 7.11 Å². The molecule has 122 valence electrons. The molecule has 0 aliphatic carbocycles. The van der Waals surface area contributed by atoms with Gasteiger partial charge in [0.05, 0.1) is 18.7 Å². The van der Waals surface area contributed by atoms with Crippen molar-refractivity contribution in [2.45, 2.75) is 25.4 Å². The fourth-order valence-electron chi connectivity index (χ4n) is 3.06. The van der Waals surface area contributed by atoms with Crippen molar-refractivity contribution in [1.29, 1.82) is 0 Å². The number of aromatic nitrogens is 3. The molecule has 0 unspecified atom stereocenters. The summed E-state index contributed by atoms with van der Waals surface area (Å²) in [6.45, 7) is 1.64. The van der Waals surface area contributed by atoms with Gasteiger partial charge in [0.2, 0.25) is 0 Å². The zero-order valence-electron chi connectivity index (χ0n) is 13.2. The van der Waals surface area contributed by atoms with Gasteiger partial charge in [0.15, 0.2) is 0 Å². The van der Waals surface area contributed by atoms with Gasteiger partial charge in [-0.1, -0.05) is 11.6 Å². The summed E-state index contributed by atoms with van der Waals surface area (Å²) < 4.78 is 6.73. The van der Waals surface area contributed by atoms with Crippen molar-refractivity contribution in [3.63, 3.8) is 0 Å². The number of rotatable bonds is 4. The Bertz CT molecular complexity index is 716. The highest BCUT2D eigenvalue weighted by Crippen LogP contribution is 2.33. The number of hydrogen-bond acceptors (Lipinski definition) is 5. The molecule has 23 heavy (non-hydrogen) atoms. The second-order valence-electron chi connectivity index (χ2n) is 5.73. The van der Waals surface area contributed by atoms with Crippen LogP contribution in [0.1, 0.15) is 40.6 Å². The minimum absolute atomic E-state index is 0.223. The fraction of sp³-hybridized carbons (Fsp3) is 0.438. The Labute approximate surface area is 140 Å². The van der Waals surface area contributed by atoms with Gasteiger partial charge in [0.1, 0.15) is 12.2 Å². The molecule has 1 aromatic carbocycles. The molecule has 0 radical (unpaired) electrons. The van der Waals surface area contributed by atoms with Crippen LogP contribution < -0.4 is 0 Å². The third-order valence-corrected chi connectivity index (χ3v) is 4.62. The molecule has 0 bridgehead atoms. The molecule has 1 aliphatic rings. The molecule has 1 aliphatic heterocycles. The van der Waals surface area contributed by atoms with Crippen LogP contribution in [0.3, 0.4) is 0 Å². The van der Waals surface area contributed by atoms with E-state index in [4.69, 9.17) is 16.3 Å². The van der Waals surface area contributed by atoms with Crippen molar-refractivity contribution >= 4 is 17.6 Å². The van der Waals surface area contributed by atoms with E-state index in [1.807, 2.05) is 11.6 Å². The molecule has 1 fully saturated rings. The molecule has 2 aromatic rings. The first kappa shape index (κ1) is 16.0. The highest BCUT2D eigenvalue weighted by molar-refractivity contribution is 6.31. The lowest BCUT2D eigenvalue weighted by Gasteiger charge is -2.24. The Morgan fingerprint density at radius 3 is 3.00 bits per heavy atom. The highest BCUT2D eigenvalue weighted by atomic mass is 35.5. The molecule has 7 heteroatoms. The Morgan fingerprint density at radius 2 is 2.30 bits per heavy atom. The van der Waals surface area contributed by atoms with Gasteiger partial charge in [0, 0.05) is 18.6 Å². The molecule has 2 heterocycles. The second-order valence-corrected chi connectivity index (χ2v) is 6.13. The number of hydrogen-bond donors (Lipinski definition) is 0. The van der Waals surface area contributed by atoms with Crippen LogP contribution in [0, 0.1) is 0 Å². The van der Waals surface area contributed by atoms with E-state index < -0.39 is 0 Å². The van der Waals surface area contributed by atoms with Crippen molar-refractivity contribution in [2.24, 2.45) is 7.05 Å². The van der Waals surface area contributed by atoms with Crippen LogP contribution in [0.25, 0.3) is 0 Å². The molecule has 1 aromatic heterocycles. The molecule has 1 saturated heterocycles. The standard InChI is InChI=1S/C16H19ClN4O2/c1-20-10-18-19-15(20)14-4-3-7-21(14)9-12-8-11(16(22)23-2)5-6-13(12)17/h5-6,8,10,14H,3-4,7,9H2,1-2H3/t14-/m0/s1. The van der Waals surface area contributed by atoms with Crippen molar-refractivity contribution in [1.82, 2.24) is 19.7 Å². The normalized spacial score (nSPS) is 18.3. The molecule has 3 rings (SSSR count). The summed E-state index contributed by atoms with van der Waals surface area (Å²) >= 11 is 6.31. The van der Waals surface area contributed by atoms with E-state index in [9.17, 15) is 4.79 Å². The minimum Gasteiger partial charge on any atom is -0.465 e. The maximum absolute atomic E-state index is 11.7. The zero-order valence-corrected chi connectivity index (χ0v) is 14.0. The largest absolute Gasteiger partial charge is 0.465 e.